The molecule has 0 atom stereocenters. The van der Waals surface area contributed by atoms with Gasteiger partial charge in [0.15, 0.2) is 11.6 Å². The molecule has 0 N–H and O–H groups in total. The third-order valence-corrected chi connectivity index (χ3v) is 7.99. The molecule has 3 nitrogen and oxygen atoms in total. The average molecular weight is 564 g/mol. The Bertz CT molecular complexity index is 1770. The number of halogens is 2. The highest BCUT2D eigenvalue weighted by atomic mass is 35.5. The van der Waals surface area contributed by atoms with Gasteiger partial charge in [0.2, 0.25) is 0 Å². The van der Waals surface area contributed by atoms with Crippen LogP contribution in [0.1, 0.15) is 31.8 Å². The summed E-state index contributed by atoms with van der Waals surface area (Å²) in [4.78, 5) is 31.6. The van der Waals surface area contributed by atoms with Gasteiger partial charge in [-0.1, -0.05) is 96.0 Å². The molecule has 39 heavy (non-hydrogen) atoms. The van der Waals surface area contributed by atoms with Crippen LogP contribution in [0.5, 0.6) is 0 Å². The summed E-state index contributed by atoms with van der Waals surface area (Å²) in [5, 5.41) is 1.70. The molecule has 0 radical (unpaired) electrons. The largest absolute Gasteiger partial charge is 0.289 e. The maximum atomic E-state index is 13.4. The summed E-state index contributed by atoms with van der Waals surface area (Å²) in [6.45, 7) is 0. The van der Waals surface area contributed by atoms with Crippen molar-refractivity contribution in [1.29, 1.82) is 0 Å². The number of hydrogen-bond donors (Lipinski definition) is 0. The number of aromatic nitrogens is 1. The van der Waals surface area contributed by atoms with E-state index in [9.17, 15) is 9.59 Å². The third kappa shape index (κ3) is 5.02. The second kappa shape index (κ2) is 10.6. The Labute approximate surface area is 239 Å². The second-order valence-corrected chi connectivity index (χ2v) is 10.9. The van der Waals surface area contributed by atoms with Gasteiger partial charge in [-0.25, -0.2) is 4.98 Å². The summed E-state index contributed by atoms with van der Waals surface area (Å²) in [6, 6.07) is 34.9. The van der Waals surface area contributed by atoms with Crippen molar-refractivity contribution in [3.05, 3.63) is 148 Å². The Balaban J connectivity index is 1.43. The van der Waals surface area contributed by atoms with Crippen LogP contribution in [0.3, 0.4) is 0 Å². The highest BCUT2D eigenvalue weighted by molar-refractivity contribution is 7.21. The van der Waals surface area contributed by atoms with Gasteiger partial charge in [0.05, 0.1) is 10.2 Å². The molecule has 1 heterocycles. The maximum absolute atomic E-state index is 13.4. The fraction of sp³-hybridized carbons (Fsp3) is 0. The van der Waals surface area contributed by atoms with Gasteiger partial charge in [0.1, 0.15) is 5.01 Å². The molecule has 0 saturated carbocycles. The average Bonchev–Trinajstić information content (AvgIpc) is 3.40. The Morgan fingerprint density at radius 1 is 0.590 bits per heavy atom. The third-order valence-electron chi connectivity index (χ3n) is 6.45. The van der Waals surface area contributed by atoms with E-state index >= 15 is 0 Å². The number of fused-ring (bicyclic) bond motifs is 1. The first-order valence-electron chi connectivity index (χ1n) is 12.2. The Morgan fingerprint density at radius 2 is 1.13 bits per heavy atom. The van der Waals surface area contributed by atoms with E-state index < -0.39 is 0 Å². The van der Waals surface area contributed by atoms with Crippen molar-refractivity contribution in [2.24, 2.45) is 0 Å². The van der Waals surface area contributed by atoms with Gasteiger partial charge in [-0.2, -0.15) is 0 Å². The lowest BCUT2D eigenvalue weighted by atomic mass is 9.94. The van der Waals surface area contributed by atoms with Gasteiger partial charge < -0.3 is 0 Å². The van der Waals surface area contributed by atoms with Gasteiger partial charge in [-0.15, -0.1) is 11.3 Å². The predicted octanol–water partition coefficient (Wildman–Crippen LogP) is 9.40. The fourth-order valence-corrected chi connectivity index (χ4v) is 5.88. The molecule has 0 unspecified atom stereocenters. The molecule has 6 rings (SSSR count). The fourth-order valence-electron chi connectivity index (χ4n) is 4.55. The first-order chi connectivity index (χ1) is 19.0. The van der Waals surface area contributed by atoms with E-state index in [1.807, 2.05) is 66.7 Å². The molecule has 188 valence electrons. The van der Waals surface area contributed by atoms with Gasteiger partial charge in [0, 0.05) is 37.9 Å². The zero-order chi connectivity index (χ0) is 26.9. The summed E-state index contributed by atoms with van der Waals surface area (Å²) in [5.41, 5.74) is 5.33. The first-order valence-corrected chi connectivity index (χ1v) is 13.7. The van der Waals surface area contributed by atoms with Crippen LogP contribution in [0.4, 0.5) is 0 Å². The summed E-state index contributed by atoms with van der Waals surface area (Å²) < 4.78 is 0.965. The predicted molar refractivity (Wildman–Crippen MR) is 160 cm³/mol. The molecular formula is C33H19Cl2NO2S. The number of carbonyl (C=O) groups excluding carboxylic acids is 2. The smallest absolute Gasteiger partial charge is 0.193 e. The minimum absolute atomic E-state index is 0.0996. The molecule has 0 aliphatic rings. The van der Waals surface area contributed by atoms with Crippen molar-refractivity contribution in [1.82, 2.24) is 4.98 Å². The monoisotopic (exact) mass is 563 g/mol. The van der Waals surface area contributed by atoms with Crippen LogP contribution >= 0.6 is 34.5 Å². The quantitative estimate of drug-likeness (QED) is 0.189. The van der Waals surface area contributed by atoms with Gasteiger partial charge in [-0.05, 0) is 53.6 Å². The molecule has 0 amide bonds. The number of ketones is 2. The lowest BCUT2D eigenvalue weighted by molar-refractivity contribution is 0.103. The van der Waals surface area contributed by atoms with E-state index in [1.54, 1.807) is 48.5 Å². The number of benzene rings is 5. The van der Waals surface area contributed by atoms with Crippen LogP contribution in [0.25, 0.3) is 31.9 Å². The van der Waals surface area contributed by atoms with Crippen LogP contribution in [-0.4, -0.2) is 16.6 Å². The van der Waals surface area contributed by atoms with Crippen LogP contribution in [0.15, 0.2) is 115 Å². The molecule has 6 aromatic rings. The van der Waals surface area contributed by atoms with E-state index in [0.717, 1.165) is 31.9 Å². The van der Waals surface area contributed by atoms with E-state index in [0.29, 0.717) is 32.3 Å². The van der Waals surface area contributed by atoms with Crippen molar-refractivity contribution >= 4 is 56.3 Å². The summed E-state index contributed by atoms with van der Waals surface area (Å²) >= 11 is 14.1. The van der Waals surface area contributed by atoms with Crippen molar-refractivity contribution < 1.29 is 9.59 Å². The molecule has 1 aromatic heterocycles. The number of hydrogen-bond acceptors (Lipinski definition) is 4. The molecule has 0 fully saturated rings. The zero-order valence-electron chi connectivity index (χ0n) is 20.4. The van der Waals surface area contributed by atoms with Gasteiger partial charge in [0.25, 0.3) is 0 Å². The van der Waals surface area contributed by atoms with Crippen molar-refractivity contribution in [3.8, 4) is 21.7 Å². The van der Waals surface area contributed by atoms with Crippen molar-refractivity contribution in [2.45, 2.75) is 0 Å². The minimum atomic E-state index is -0.113. The Morgan fingerprint density at radius 3 is 1.72 bits per heavy atom. The van der Waals surface area contributed by atoms with Gasteiger partial charge in [-0.3, -0.25) is 9.59 Å². The van der Waals surface area contributed by atoms with Crippen molar-refractivity contribution in [2.75, 3.05) is 0 Å². The minimum Gasteiger partial charge on any atom is -0.289 e. The van der Waals surface area contributed by atoms with Crippen LogP contribution in [0, 0.1) is 0 Å². The molecule has 0 aliphatic carbocycles. The molecule has 6 heteroatoms. The summed E-state index contributed by atoms with van der Waals surface area (Å²) in [5.74, 6) is -0.212. The Hall–Kier alpha value is -4.09. The first kappa shape index (κ1) is 25.2. The van der Waals surface area contributed by atoms with Crippen LogP contribution in [0.2, 0.25) is 10.0 Å². The molecule has 0 bridgehead atoms. The van der Waals surface area contributed by atoms with E-state index in [2.05, 4.69) is 0 Å². The number of rotatable bonds is 6. The molecule has 5 aromatic carbocycles. The number of thiazole rings is 1. The summed E-state index contributed by atoms with van der Waals surface area (Å²) in [7, 11) is 0. The second-order valence-electron chi connectivity index (χ2n) is 8.97. The maximum Gasteiger partial charge on any atom is 0.193 e. The number of carbonyl (C=O) groups is 2. The highest BCUT2D eigenvalue weighted by Gasteiger charge is 2.20. The standard InChI is InChI=1S/C33H19Cl2NO2S/c34-23-12-14-25(27(18-23)31(37)20-7-3-1-4-8-20)22-11-16-30-29(17-22)36-33(39-30)26-15-13-24(35)19-28(26)32(38)21-9-5-2-6-10-21/h1-19H. The molecule has 0 aliphatic heterocycles. The lowest BCUT2D eigenvalue weighted by Crippen LogP contribution is -2.03. The number of nitrogens with zero attached hydrogens (tertiary/aromatic N) is 1. The van der Waals surface area contributed by atoms with Crippen LogP contribution < -0.4 is 0 Å². The highest BCUT2D eigenvalue weighted by Crippen LogP contribution is 2.37. The Kier molecular flexibility index (Phi) is 6.84. The van der Waals surface area contributed by atoms with E-state index in [4.69, 9.17) is 28.2 Å². The molecule has 0 saturated heterocycles. The normalized spacial score (nSPS) is 11.0. The molecule has 0 spiro atoms. The zero-order valence-corrected chi connectivity index (χ0v) is 22.7. The van der Waals surface area contributed by atoms with E-state index in [-0.39, 0.29) is 11.6 Å². The topological polar surface area (TPSA) is 47.0 Å². The van der Waals surface area contributed by atoms with Gasteiger partial charge >= 0.3 is 0 Å². The molecular weight excluding hydrogens is 545 g/mol. The van der Waals surface area contributed by atoms with E-state index in [1.165, 1.54) is 11.3 Å². The lowest BCUT2D eigenvalue weighted by Gasteiger charge is -2.10. The SMILES string of the molecule is O=C(c1ccccc1)c1cc(Cl)ccc1-c1ccc2sc(-c3ccc(Cl)cc3C(=O)c3ccccc3)nc2c1. The van der Waals surface area contributed by atoms with Crippen LogP contribution in [-0.2, 0) is 0 Å². The van der Waals surface area contributed by atoms with Crippen molar-refractivity contribution in [3.63, 3.8) is 0 Å². The summed E-state index contributed by atoms with van der Waals surface area (Å²) in [6.07, 6.45) is 0.